The number of hydrogen-bond donors (Lipinski definition) is 2. The van der Waals surface area contributed by atoms with Gasteiger partial charge in [-0.3, -0.25) is 0 Å². The van der Waals surface area contributed by atoms with Crippen LogP contribution in [0.25, 0.3) is 0 Å². The molecule has 3 N–H and O–H groups in total. The molecule has 0 aromatic heterocycles. The van der Waals surface area contributed by atoms with Crippen LogP contribution >= 0.6 is 0 Å². The number of ether oxygens (including phenoxy) is 1. The number of rotatable bonds is 5. The summed E-state index contributed by atoms with van der Waals surface area (Å²) in [6, 6.07) is 13.9. The van der Waals surface area contributed by atoms with Crippen molar-refractivity contribution in [1.29, 1.82) is 0 Å². The first-order valence-corrected chi connectivity index (χ1v) is 6.44. The summed E-state index contributed by atoms with van der Waals surface area (Å²) in [4.78, 5) is 0. The zero-order valence-electron chi connectivity index (χ0n) is 11.4. The summed E-state index contributed by atoms with van der Waals surface area (Å²) < 4.78 is 5.63. The van der Waals surface area contributed by atoms with Crippen LogP contribution in [0.3, 0.4) is 0 Å². The van der Waals surface area contributed by atoms with Gasteiger partial charge in [0.15, 0.2) is 0 Å². The van der Waals surface area contributed by atoms with Crippen molar-refractivity contribution in [1.82, 2.24) is 0 Å². The highest BCUT2D eigenvalue weighted by Gasteiger charge is 1.98. The average molecular weight is 256 g/mol. The lowest BCUT2D eigenvalue weighted by Crippen LogP contribution is -2.12. The molecule has 2 aromatic carbocycles. The van der Waals surface area contributed by atoms with Gasteiger partial charge >= 0.3 is 0 Å². The van der Waals surface area contributed by atoms with Crippen molar-refractivity contribution in [3.05, 3.63) is 53.6 Å². The van der Waals surface area contributed by atoms with E-state index in [1.165, 1.54) is 11.1 Å². The molecule has 0 saturated heterocycles. The number of nitrogen functional groups attached to an aromatic ring is 1. The van der Waals surface area contributed by atoms with Crippen LogP contribution in [0.4, 0.5) is 11.4 Å². The van der Waals surface area contributed by atoms with E-state index in [4.69, 9.17) is 10.5 Å². The lowest BCUT2D eigenvalue weighted by Gasteiger charge is -2.11. The van der Waals surface area contributed by atoms with E-state index in [-0.39, 0.29) is 0 Å². The van der Waals surface area contributed by atoms with Crippen LogP contribution in [0.5, 0.6) is 5.75 Å². The number of nitrogens with one attached hydrogen (secondary N) is 1. The average Bonchev–Trinajstić information content (AvgIpc) is 2.37. The van der Waals surface area contributed by atoms with Gasteiger partial charge in [0.25, 0.3) is 0 Å². The molecular weight excluding hydrogens is 236 g/mol. The number of aryl methyl sites for hydroxylation is 2. The molecule has 0 atom stereocenters. The Labute approximate surface area is 114 Å². The Balaban J connectivity index is 1.81. The smallest absolute Gasteiger partial charge is 0.121 e. The summed E-state index contributed by atoms with van der Waals surface area (Å²) >= 11 is 0. The van der Waals surface area contributed by atoms with Crippen LogP contribution < -0.4 is 15.8 Å². The maximum absolute atomic E-state index is 5.69. The quantitative estimate of drug-likeness (QED) is 0.637. The van der Waals surface area contributed by atoms with Crippen LogP contribution in [-0.2, 0) is 0 Å². The van der Waals surface area contributed by atoms with E-state index >= 15 is 0 Å². The van der Waals surface area contributed by atoms with Crippen molar-refractivity contribution in [3.8, 4) is 5.75 Å². The van der Waals surface area contributed by atoms with Crippen molar-refractivity contribution in [2.24, 2.45) is 0 Å². The minimum atomic E-state index is 0.608. The van der Waals surface area contributed by atoms with Crippen LogP contribution in [0.1, 0.15) is 11.1 Å². The normalized spacial score (nSPS) is 10.2. The fraction of sp³-hybridized carbons (Fsp3) is 0.250. The molecule has 2 aromatic rings. The summed E-state index contributed by atoms with van der Waals surface area (Å²) in [6.45, 7) is 5.57. The van der Waals surface area contributed by atoms with E-state index in [0.29, 0.717) is 6.61 Å². The van der Waals surface area contributed by atoms with E-state index in [0.717, 1.165) is 23.7 Å². The van der Waals surface area contributed by atoms with E-state index in [9.17, 15) is 0 Å². The van der Waals surface area contributed by atoms with Gasteiger partial charge in [0.2, 0.25) is 0 Å². The van der Waals surface area contributed by atoms with Crippen LogP contribution in [-0.4, -0.2) is 13.2 Å². The largest absolute Gasteiger partial charge is 0.492 e. The van der Waals surface area contributed by atoms with Crippen molar-refractivity contribution in [2.45, 2.75) is 13.8 Å². The van der Waals surface area contributed by atoms with Crippen molar-refractivity contribution < 1.29 is 4.74 Å². The highest BCUT2D eigenvalue weighted by Crippen LogP contribution is 2.16. The minimum absolute atomic E-state index is 0.608. The van der Waals surface area contributed by atoms with E-state index in [1.54, 1.807) is 0 Å². The minimum Gasteiger partial charge on any atom is -0.492 e. The first kappa shape index (κ1) is 13.3. The third-order valence-electron chi connectivity index (χ3n) is 2.93. The second-order valence-corrected chi connectivity index (χ2v) is 4.67. The molecule has 0 amide bonds. The van der Waals surface area contributed by atoms with Gasteiger partial charge in [-0.1, -0.05) is 23.8 Å². The Kier molecular flexibility index (Phi) is 4.29. The summed E-state index contributed by atoms with van der Waals surface area (Å²) in [5.74, 6) is 0.808. The van der Waals surface area contributed by atoms with E-state index < -0.39 is 0 Å². The highest BCUT2D eigenvalue weighted by molar-refractivity contribution is 5.51. The molecule has 0 fully saturated rings. The SMILES string of the molecule is Cc1ccc(NCCOc2cccc(N)c2)c(C)c1. The topological polar surface area (TPSA) is 47.3 Å². The van der Waals surface area contributed by atoms with Gasteiger partial charge in [-0.2, -0.15) is 0 Å². The number of hydrogen-bond acceptors (Lipinski definition) is 3. The molecule has 3 nitrogen and oxygen atoms in total. The second kappa shape index (κ2) is 6.14. The number of anilines is 2. The lowest BCUT2D eigenvalue weighted by molar-refractivity contribution is 0.333. The summed E-state index contributed by atoms with van der Waals surface area (Å²) in [5.41, 5.74) is 10.1. The molecule has 0 saturated carbocycles. The summed E-state index contributed by atoms with van der Waals surface area (Å²) in [6.07, 6.45) is 0. The lowest BCUT2D eigenvalue weighted by atomic mass is 10.1. The van der Waals surface area contributed by atoms with Crippen LogP contribution in [0.2, 0.25) is 0 Å². The molecule has 0 aliphatic rings. The van der Waals surface area contributed by atoms with Crippen LogP contribution in [0, 0.1) is 13.8 Å². The molecule has 0 radical (unpaired) electrons. The van der Waals surface area contributed by atoms with Gasteiger partial charge in [-0.15, -0.1) is 0 Å². The highest BCUT2D eigenvalue weighted by atomic mass is 16.5. The van der Waals surface area contributed by atoms with Gasteiger partial charge in [0.1, 0.15) is 12.4 Å². The van der Waals surface area contributed by atoms with Gasteiger partial charge in [-0.05, 0) is 37.6 Å². The van der Waals surface area contributed by atoms with Gasteiger partial charge in [-0.25, -0.2) is 0 Å². The molecule has 0 spiro atoms. The first-order chi connectivity index (χ1) is 9.15. The summed E-state index contributed by atoms with van der Waals surface area (Å²) in [5, 5.41) is 3.37. The molecule has 100 valence electrons. The van der Waals surface area contributed by atoms with Crippen molar-refractivity contribution in [3.63, 3.8) is 0 Å². The molecule has 3 heteroatoms. The Morgan fingerprint density at radius 3 is 2.68 bits per heavy atom. The molecule has 2 rings (SSSR count). The van der Waals surface area contributed by atoms with E-state index in [2.05, 4.69) is 37.4 Å². The third kappa shape index (κ3) is 3.91. The van der Waals surface area contributed by atoms with Crippen molar-refractivity contribution >= 4 is 11.4 Å². The van der Waals surface area contributed by atoms with Gasteiger partial charge < -0.3 is 15.8 Å². The molecule has 0 aliphatic heterocycles. The second-order valence-electron chi connectivity index (χ2n) is 4.67. The molecule has 0 bridgehead atoms. The standard InChI is InChI=1S/C16H20N2O/c1-12-6-7-16(13(2)10-12)18-8-9-19-15-5-3-4-14(17)11-15/h3-7,10-11,18H,8-9,17H2,1-2H3. The fourth-order valence-electron chi connectivity index (χ4n) is 1.97. The molecule has 0 unspecified atom stereocenters. The Morgan fingerprint density at radius 1 is 1.11 bits per heavy atom. The van der Waals surface area contributed by atoms with Gasteiger partial charge in [0.05, 0.1) is 0 Å². The van der Waals surface area contributed by atoms with Gasteiger partial charge in [0, 0.05) is 24.0 Å². The monoisotopic (exact) mass is 256 g/mol. The zero-order valence-corrected chi connectivity index (χ0v) is 11.4. The first-order valence-electron chi connectivity index (χ1n) is 6.44. The zero-order chi connectivity index (χ0) is 13.7. The Morgan fingerprint density at radius 2 is 1.95 bits per heavy atom. The maximum Gasteiger partial charge on any atom is 0.121 e. The van der Waals surface area contributed by atoms with Crippen molar-refractivity contribution in [2.75, 3.05) is 24.2 Å². The number of benzene rings is 2. The number of nitrogens with two attached hydrogens (primary N) is 1. The van der Waals surface area contributed by atoms with E-state index in [1.807, 2.05) is 24.3 Å². The predicted molar refractivity (Wildman–Crippen MR) is 80.8 cm³/mol. The maximum atomic E-state index is 5.69. The fourth-order valence-corrected chi connectivity index (χ4v) is 1.97. The summed E-state index contributed by atoms with van der Waals surface area (Å²) in [7, 11) is 0. The van der Waals surface area contributed by atoms with Crippen LogP contribution in [0.15, 0.2) is 42.5 Å². The molecule has 19 heavy (non-hydrogen) atoms. The molecule has 0 aliphatic carbocycles. The Hall–Kier alpha value is -2.16. The third-order valence-corrected chi connectivity index (χ3v) is 2.93. The molecular formula is C16H20N2O. The molecule has 0 heterocycles. The Bertz CT molecular complexity index is 552. The predicted octanol–water partition coefficient (Wildman–Crippen LogP) is 3.38.